The van der Waals surface area contributed by atoms with Crippen LogP contribution in [0, 0.1) is 0 Å². The van der Waals surface area contributed by atoms with Crippen LogP contribution in [-0.4, -0.2) is 22.1 Å². The summed E-state index contributed by atoms with van der Waals surface area (Å²) in [5.41, 5.74) is 1.92. The first-order valence-corrected chi connectivity index (χ1v) is 4.68. The fourth-order valence-corrected chi connectivity index (χ4v) is 1.52. The van der Waals surface area contributed by atoms with Gasteiger partial charge in [0.25, 0.3) is 0 Å². The predicted molar refractivity (Wildman–Crippen MR) is 58.7 cm³/mol. The lowest BCUT2D eigenvalue weighted by molar-refractivity contribution is 0.112. The highest BCUT2D eigenvalue weighted by molar-refractivity contribution is 5.79. The van der Waals surface area contributed by atoms with Gasteiger partial charge in [-0.2, -0.15) is 0 Å². The van der Waals surface area contributed by atoms with Crippen LogP contribution in [0.15, 0.2) is 42.6 Å². The first-order chi connectivity index (χ1) is 7.72. The third-order valence-electron chi connectivity index (χ3n) is 2.30. The summed E-state index contributed by atoms with van der Waals surface area (Å²) in [4.78, 5) is 21.4. The van der Waals surface area contributed by atoms with Crippen molar-refractivity contribution in [2.75, 3.05) is 0 Å². The van der Waals surface area contributed by atoms with Crippen LogP contribution >= 0.6 is 0 Å². The molecule has 0 amide bonds. The summed E-state index contributed by atoms with van der Waals surface area (Å²) in [6.07, 6.45) is 1.20. The van der Waals surface area contributed by atoms with Gasteiger partial charge in [0.2, 0.25) is 0 Å². The zero-order valence-corrected chi connectivity index (χ0v) is 8.33. The number of carbonyl (C=O) groups excluding carboxylic acids is 1. The molecule has 0 radical (unpaired) electrons. The Morgan fingerprint density at radius 3 is 2.44 bits per heavy atom. The number of hydrogen-bond donors (Lipinski definition) is 1. The van der Waals surface area contributed by atoms with Crippen molar-refractivity contribution in [3.8, 4) is 11.3 Å². The van der Waals surface area contributed by atoms with Crippen LogP contribution in [0.5, 0.6) is 0 Å². The SMILES string of the molecule is O=Cc1ccc(-c2cccn2C(=O)O)cc1. The van der Waals surface area contributed by atoms with E-state index in [-0.39, 0.29) is 0 Å². The molecular weight excluding hydrogens is 206 g/mol. The van der Waals surface area contributed by atoms with Crippen LogP contribution in [-0.2, 0) is 0 Å². The Morgan fingerprint density at radius 2 is 1.88 bits per heavy atom. The molecule has 0 saturated carbocycles. The molecule has 1 heterocycles. The fraction of sp³-hybridized carbons (Fsp3) is 0. The second-order valence-corrected chi connectivity index (χ2v) is 3.29. The molecule has 2 aromatic rings. The van der Waals surface area contributed by atoms with Gasteiger partial charge in [0, 0.05) is 11.8 Å². The number of aromatic nitrogens is 1. The zero-order chi connectivity index (χ0) is 11.5. The highest BCUT2D eigenvalue weighted by atomic mass is 16.4. The first kappa shape index (κ1) is 10.2. The molecule has 4 heteroatoms. The molecule has 0 atom stereocenters. The molecule has 0 bridgehead atoms. The highest BCUT2D eigenvalue weighted by Gasteiger charge is 2.08. The van der Waals surface area contributed by atoms with E-state index in [0.717, 1.165) is 16.4 Å². The lowest BCUT2D eigenvalue weighted by Gasteiger charge is -2.03. The molecule has 0 aliphatic heterocycles. The van der Waals surface area contributed by atoms with Gasteiger partial charge < -0.3 is 5.11 Å². The van der Waals surface area contributed by atoms with E-state index in [0.29, 0.717) is 11.3 Å². The molecule has 80 valence electrons. The maximum atomic E-state index is 10.9. The normalized spacial score (nSPS) is 10.0. The monoisotopic (exact) mass is 215 g/mol. The molecule has 0 spiro atoms. The number of aldehydes is 1. The molecule has 4 nitrogen and oxygen atoms in total. The van der Waals surface area contributed by atoms with Gasteiger partial charge in [0.15, 0.2) is 0 Å². The van der Waals surface area contributed by atoms with E-state index in [9.17, 15) is 9.59 Å². The number of nitrogens with zero attached hydrogens (tertiary/aromatic N) is 1. The van der Waals surface area contributed by atoms with Gasteiger partial charge in [-0.15, -0.1) is 0 Å². The molecule has 1 N–H and O–H groups in total. The Hall–Kier alpha value is -2.36. The number of carboxylic acid groups (broad SMARTS) is 1. The first-order valence-electron chi connectivity index (χ1n) is 4.68. The summed E-state index contributed by atoms with van der Waals surface area (Å²) in [5.74, 6) is 0. The van der Waals surface area contributed by atoms with Crippen LogP contribution < -0.4 is 0 Å². The van der Waals surface area contributed by atoms with Crippen LogP contribution in [0.3, 0.4) is 0 Å². The topological polar surface area (TPSA) is 59.3 Å². The van der Waals surface area contributed by atoms with Crippen LogP contribution in [0.25, 0.3) is 11.3 Å². The minimum atomic E-state index is -1.03. The van der Waals surface area contributed by atoms with Crippen molar-refractivity contribution in [1.29, 1.82) is 0 Å². The van der Waals surface area contributed by atoms with Gasteiger partial charge in [0.05, 0.1) is 5.69 Å². The molecule has 2 rings (SSSR count). The maximum absolute atomic E-state index is 10.9. The van der Waals surface area contributed by atoms with Crippen molar-refractivity contribution in [3.63, 3.8) is 0 Å². The van der Waals surface area contributed by atoms with E-state index in [1.807, 2.05) is 0 Å². The van der Waals surface area contributed by atoms with Gasteiger partial charge >= 0.3 is 6.09 Å². The van der Waals surface area contributed by atoms with Gasteiger partial charge in [0.1, 0.15) is 6.29 Å². The summed E-state index contributed by atoms with van der Waals surface area (Å²) in [7, 11) is 0. The third kappa shape index (κ3) is 1.72. The van der Waals surface area contributed by atoms with Gasteiger partial charge in [-0.25, -0.2) is 4.79 Å². The smallest absolute Gasteiger partial charge is 0.415 e. The summed E-state index contributed by atoms with van der Waals surface area (Å²) in [6.45, 7) is 0. The molecule has 16 heavy (non-hydrogen) atoms. The Balaban J connectivity index is 2.46. The highest BCUT2D eigenvalue weighted by Crippen LogP contribution is 2.20. The quantitative estimate of drug-likeness (QED) is 0.783. The Labute approximate surface area is 91.8 Å². The molecule has 0 saturated heterocycles. The standard InChI is InChI=1S/C12H9NO3/c14-8-9-3-5-10(6-4-9)11-2-1-7-13(11)12(15)16/h1-8H,(H,15,16). The van der Waals surface area contributed by atoms with Crippen molar-refractivity contribution in [1.82, 2.24) is 4.57 Å². The second kappa shape index (κ2) is 4.02. The van der Waals surface area contributed by atoms with Gasteiger partial charge in [-0.3, -0.25) is 9.36 Å². The Bertz CT molecular complexity index is 525. The largest absolute Gasteiger partial charge is 0.464 e. The van der Waals surface area contributed by atoms with E-state index in [4.69, 9.17) is 5.11 Å². The van der Waals surface area contributed by atoms with E-state index in [2.05, 4.69) is 0 Å². The predicted octanol–water partition coefficient (Wildman–Crippen LogP) is 2.49. The van der Waals surface area contributed by atoms with E-state index in [1.165, 1.54) is 6.20 Å². The van der Waals surface area contributed by atoms with Crippen molar-refractivity contribution in [2.45, 2.75) is 0 Å². The van der Waals surface area contributed by atoms with E-state index < -0.39 is 6.09 Å². The molecule has 1 aromatic carbocycles. The summed E-state index contributed by atoms with van der Waals surface area (Å²) < 4.78 is 1.13. The van der Waals surface area contributed by atoms with Crippen LogP contribution in [0.4, 0.5) is 4.79 Å². The molecule has 0 unspecified atom stereocenters. The third-order valence-corrected chi connectivity index (χ3v) is 2.30. The van der Waals surface area contributed by atoms with Crippen LogP contribution in [0.2, 0.25) is 0 Å². The van der Waals surface area contributed by atoms with Gasteiger partial charge in [-0.1, -0.05) is 24.3 Å². The average molecular weight is 215 g/mol. The maximum Gasteiger partial charge on any atom is 0.415 e. The van der Waals surface area contributed by atoms with Crippen molar-refractivity contribution in [2.24, 2.45) is 0 Å². The number of hydrogen-bond acceptors (Lipinski definition) is 2. The molecule has 0 aliphatic rings. The van der Waals surface area contributed by atoms with Crippen molar-refractivity contribution in [3.05, 3.63) is 48.2 Å². The van der Waals surface area contributed by atoms with Crippen LogP contribution in [0.1, 0.15) is 10.4 Å². The Morgan fingerprint density at radius 1 is 1.19 bits per heavy atom. The van der Waals surface area contributed by atoms with Crippen molar-refractivity contribution < 1.29 is 14.7 Å². The number of rotatable bonds is 2. The average Bonchev–Trinajstić information content (AvgIpc) is 2.78. The minimum absolute atomic E-state index is 0.567. The summed E-state index contributed by atoms with van der Waals surface area (Å²) in [6, 6.07) is 10.1. The lowest BCUT2D eigenvalue weighted by Crippen LogP contribution is -2.07. The number of benzene rings is 1. The van der Waals surface area contributed by atoms with E-state index in [1.54, 1.807) is 36.4 Å². The zero-order valence-electron chi connectivity index (χ0n) is 8.33. The van der Waals surface area contributed by atoms with E-state index >= 15 is 0 Å². The summed E-state index contributed by atoms with van der Waals surface area (Å²) >= 11 is 0. The summed E-state index contributed by atoms with van der Waals surface area (Å²) in [5, 5.41) is 8.92. The molecular formula is C12H9NO3. The lowest BCUT2D eigenvalue weighted by atomic mass is 10.1. The van der Waals surface area contributed by atoms with Crippen molar-refractivity contribution >= 4 is 12.4 Å². The molecule has 1 aromatic heterocycles. The second-order valence-electron chi connectivity index (χ2n) is 3.29. The molecule has 0 aliphatic carbocycles. The fourth-order valence-electron chi connectivity index (χ4n) is 1.52. The molecule has 0 fully saturated rings. The minimum Gasteiger partial charge on any atom is -0.464 e. The van der Waals surface area contributed by atoms with Gasteiger partial charge in [-0.05, 0) is 17.7 Å². The Kier molecular flexibility index (Phi) is 2.55. The number of carbonyl (C=O) groups is 2.